The summed E-state index contributed by atoms with van der Waals surface area (Å²) in [5.74, 6) is 0. The number of rotatable bonds is 7. The summed E-state index contributed by atoms with van der Waals surface area (Å²) in [5, 5.41) is 9.80. The molecule has 0 nitrogen and oxygen atoms in total. The Hall–Kier alpha value is -0.369. The minimum atomic E-state index is -2.08. The number of hydrogen-bond donors (Lipinski definition) is 0. The van der Waals surface area contributed by atoms with E-state index >= 15 is 0 Å². The second-order valence-electron chi connectivity index (χ2n) is 10.5. The molecule has 1 aromatic rings. The summed E-state index contributed by atoms with van der Waals surface area (Å²) in [7, 11) is -1.96. The van der Waals surface area contributed by atoms with Gasteiger partial charge in [0.05, 0.1) is 0 Å². The van der Waals surface area contributed by atoms with E-state index in [1.807, 2.05) is 3.88 Å². The van der Waals surface area contributed by atoms with E-state index in [1.54, 1.807) is 21.9 Å². The van der Waals surface area contributed by atoms with Crippen LogP contribution in [0.15, 0.2) is 50.9 Å². The fourth-order valence-corrected chi connectivity index (χ4v) is 22.2. The van der Waals surface area contributed by atoms with Gasteiger partial charge in [-0.1, -0.05) is 0 Å². The van der Waals surface area contributed by atoms with Gasteiger partial charge >= 0.3 is 181 Å². The van der Waals surface area contributed by atoms with Crippen LogP contribution in [0.4, 0.5) is 0 Å². The van der Waals surface area contributed by atoms with Gasteiger partial charge in [-0.25, -0.2) is 0 Å². The SMILES string of the molecule is CCC(C)[Si](c1ccccc1)(C(C)CC)C1(C)C(C)=C(C)C(C)=[C]1[Ti]([CH3])([CH3])[CH3]. The van der Waals surface area contributed by atoms with Crippen molar-refractivity contribution in [2.24, 2.45) is 0 Å². The molecule has 0 N–H and O–H groups in total. The first kappa shape index (κ1) is 23.9. The standard InChI is InChI=1S/C23H35Si.3CH3.Ti/c1-9-18(4)24(19(5)10-2,22-14-12-11-13-15-22)23(8)16-17(3)20(6)21(23)7;;;;/h11-15,18-19H,9-10H2,1-8H3;3*1H3;. The van der Waals surface area contributed by atoms with Crippen LogP contribution in [-0.2, 0) is 16.6 Å². The topological polar surface area (TPSA) is 0 Å². The first-order valence-electron chi connectivity index (χ1n) is 11.4. The second kappa shape index (κ2) is 8.40. The maximum atomic E-state index is 2.69. The molecule has 2 heteroatoms. The summed E-state index contributed by atoms with van der Waals surface area (Å²) in [4.78, 5) is 0. The summed E-state index contributed by atoms with van der Waals surface area (Å²) in [6.07, 6.45) is 2.55. The van der Waals surface area contributed by atoms with Gasteiger partial charge in [0.2, 0.25) is 0 Å². The Bertz CT molecular complexity index is 755. The molecule has 0 saturated carbocycles. The third-order valence-electron chi connectivity index (χ3n) is 8.36. The van der Waals surface area contributed by atoms with Crippen molar-refractivity contribution in [3.8, 4) is 0 Å². The van der Waals surface area contributed by atoms with E-state index in [0.29, 0.717) is 0 Å². The Kier molecular flexibility index (Phi) is 7.17. The summed E-state index contributed by atoms with van der Waals surface area (Å²) >= 11 is -2.08. The Morgan fingerprint density at radius 1 is 0.857 bits per heavy atom. The molecular formula is C26H44SiTi. The molecule has 156 valence electrons. The second-order valence-corrected chi connectivity index (χ2v) is 23.6. The average molecular weight is 433 g/mol. The van der Waals surface area contributed by atoms with E-state index in [2.05, 4.69) is 101 Å². The zero-order valence-electron chi connectivity index (χ0n) is 20.5. The number of hydrogen-bond acceptors (Lipinski definition) is 0. The third kappa shape index (κ3) is 3.30. The first-order valence-corrected chi connectivity index (χ1v) is 19.0. The fourth-order valence-electron chi connectivity index (χ4n) is 6.92. The van der Waals surface area contributed by atoms with Crippen LogP contribution >= 0.6 is 0 Å². The normalized spacial score (nSPS) is 25.1. The Labute approximate surface area is 180 Å². The van der Waals surface area contributed by atoms with Crippen molar-refractivity contribution >= 4 is 13.3 Å². The summed E-state index contributed by atoms with van der Waals surface area (Å²) in [6.45, 7) is 20.0. The quantitative estimate of drug-likeness (QED) is 0.378. The summed E-state index contributed by atoms with van der Waals surface area (Å²) in [6, 6.07) is 11.8. The molecule has 1 aromatic carbocycles. The van der Waals surface area contributed by atoms with Crippen LogP contribution < -0.4 is 5.19 Å². The van der Waals surface area contributed by atoms with Crippen LogP contribution in [0.3, 0.4) is 0 Å². The van der Waals surface area contributed by atoms with Gasteiger partial charge in [0.1, 0.15) is 0 Å². The van der Waals surface area contributed by atoms with Gasteiger partial charge in [-0.2, -0.15) is 0 Å². The molecule has 3 unspecified atom stereocenters. The number of allylic oxidation sites excluding steroid dienone is 4. The molecule has 1 aliphatic carbocycles. The Morgan fingerprint density at radius 2 is 1.32 bits per heavy atom. The molecule has 0 aliphatic heterocycles. The van der Waals surface area contributed by atoms with Crippen LogP contribution in [-0.4, -0.2) is 8.07 Å². The molecule has 0 fully saturated rings. The molecule has 0 spiro atoms. The van der Waals surface area contributed by atoms with Crippen molar-refractivity contribution in [3.05, 3.63) is 50.9 Å². The predicted molar refractivity (Wildman–Crippen MR) is 128 cm³/mol. The van der Waals surface area contributed by atoms with E-state index in [9.17, 15) is 0 Å². The van der Waals surface area contributed by atoms with E-state index in [0.717, 1.165) is 11.1 Å². The van der Waals surface area contributed by atoms with Crippen LogP contribution in [0.1, 0.15) is 68.2 Å². The molecule has 0 bridgehead atoms. The summed E-state index contributed by atoms with van der Waals surface area (Å²) < 4.78 is 1.90. The van der Waals surface area contributed by atoms with Crippen LogP contribution in [0.2, 0.25) is 31.8 Å². The minimum absolute atomic E-state index is 0.242. The molecule has 3 atom stereocenters. The predicted octanol–water partition coefficient (Wildman–Crippen LogP) is 8.63. The van der Waals surface area contributed by atoms with Gasteiger partial charge < -0.3 is 0 Å². The average Bonchev–Trinajstić information content (AvgIpc) is 2.83. The third-order valence-corrected chi connectivity index (χ3v) is 20.0. The van der Waals surface area contributed by atoms with Crippen molar-refractivity contribution in [2.75, 3.05) is 0 Å². The molecule has 1 aliphatic rings. The molecule has 0 saturated heterocycles. The zero-order valence-corrected chi connectivity index (χ0v) is 23.0. The van der Waals surface area contributed by atoms with Crippen molar-refractivity contribution in [2.45, 2.75) is 100 Å². The van der Waals surface area contributed by atoms with Gasteiger partial charge in [-0.3, -0.25) is 0 Å². The number of benzene rings is 1. The van der Waals surface area contributed by atoms with E-state index in [4.69, 9.17) is 0 Å². The van der Waals surface area contributed by atoms with Crippen molar-refractivity contribution in [3.63, 3.8) is 0 Å². The maximum absolute atomic E-state index is 2.69. The van der Waals surface area contributed by atoms with Gasteiger partial charge in [-0.05, 0) is 0 Å². The van der Waals surface area contributed by atoms with Gasteiger partial charge in [-0.15, -0.1) is 0 Å². The molecule has 0 radical (unpaired) electrons. The Balaban J connectivity index is 3.05. The molecule has 0 aromatic heterocycles. The molecule has 2 rings (SSSR count). The van der Waals surface area contributed by atoms with Crippen molar-refractivity contribution in [1.29, 1.82) is 0 Å². The first-order chi connectivity index (χ1) is 12.9. The molecule has 0 amide bonds. The van der Waals surface area contributed by atoms with Crippen molar-refractivity contribution < 1.29 is 16.6 Å². The van der Waals surface area contributed by atoms with E-state index in [-0.39, 0.29) is 5.04 Å². The molecular weight excluding hydrogens is 388 g/mol. The van der Waals surface area contributed by atoms with Crippen LogP contribution in [0, 0.1) is 0 Å². The van der Waals surface area contributed by atoms with E-state index in [1.165, 1.54) is 12.8 Å². The van der Waals surface area contributed by atoms with Gasteiger partial charge in [0, 0.05) is 0 Å². The molecule has 28 heavy (non-hydrogen) atoms. The van der Waals surface area contributed by atoms with Crippen LogP contribution in [0.5, 0.6) is 0 Å². The van der Waals surface area contributed by atoms with E-state index < -0.39 is 24.7 Å². The monoisotopic (exact) mass is 432 g/mol. The van der Waals surface area contributed by atoms with Gasteiger partial charge in [0.25, 0.3) is 0 Å². The summed E-state index contributed by atoms with van der Waals surface area (Å²) in [5.41, 5.74) is 6.44. The zero-order chi connectivity index (χ0) is 21.5. The fraction of sp³-hybridized carbons (Fsp3) is 0.615. The van der Waals surface area contributed by atoms with Crippen molar-refractivity contribution in [1.82, 2.24) is 0 Å². The molecule has 0 heterocycles. The van der Waals surface area contributed by atoms with Crippen LogP contribution in [0.25, 0.3) is 0 Å². The Morgan fingerprint density at radius 3 is 1.71 bits per heavy atom. The van der Waals surface area contributed by atoms with Gasteiger partial charge in [0.15, 0.2) is 0 Å².